The summed E-state index contributed by atoms with van der Waals surface area (Å²) in [6.07, 6.45) is 0.731. The molecule has 2 atom stereocenters. The Morgan fingerprint density at radius 2 is 1.68 bits per heavy atom. The maximum Gasteiger partial charge on any atom is 0.264 e. The Morgan fingerprint density at radius 1 is 1.00 bits per heavy atom. The van der Waals surface area contributed by atoms with E-state index in [2.05, 4.69) is 21.2 Å². The molecule has 0 aliphatic heterocycles. The van der Waals surface area contributed by atoms with Gasteiger partial charge >= 0.3 is 0 Å². The highest BCUT2D eigenvalue weighted by atomic mass is 79.9. The van der Waals surface area contributed by atoms with Crippen LogP contribution in [0.25, 0.3) is 0 Å². The van der Waals surface area contributed by atoms with Gasteiger partial charge in [-0.2, -0.15) is 0 Å². The van der Waals surface area contributed by atoms with Crippen molar-refractivity contribution in [3.05, 3.63) is 88.4 Å². The third-order valence-electron chi connectivity index (χ3n) is 6.65. The first kappa shape index (κ1) is 31.2. The minimum absolute atomic E-state index is 0.0397. The van der Waals surface area contributed by atoms with Gasteiger partial charge in [0.15, 0.2) is 0 Å². The molecular weight excluding hydrogens is 594 g/mol. The van der Waals surface area contributed by atoms with Gasteiger partial charge in [0, 0.05) is 17.1 Å². The fourth-order valence-electron chi connectivity index (χ4n) is 4.07. The Kier molecular flexibility index (Phi) is 10.8. The normalized spacial score (nSPS) is 12.8. The number of nitrogens with one attached hydrogen (secondary N) is 1. The van der Waals surface area contributed by atoms with Gasteiger partial charge in [0.1, 0.15) is 18.3 Å². The molecule has 0 radical (unpaired) electrons. The summed E-state index contributed by atoms with van der Waals surface area (Å²) in [5.41, 5.74) is 1.91. The number of halogens is 1. The molecule has 40 heavy (non-hydrogen) atoms. The van der Waals surface area contributed by atoms with Crippen LogP contribution in [0.5, 0.6) is 5.75 Å². The summed E-state index contributed by atoms with van der Waals surface area (Å²) in [5.74, 6) is -0.552. The van der Waals surface area contributed by atoms with Crippen LogP contribution in [0.3, 0.4) is 0 Å². The first-order valence-corrected chi connectivity index (χ1v) is 15.3. The van der Waals surface area contributed by atoms with E-state index < -0.39 is 28.5 Å². The molecule has 1 N–H and O–H groups in total. The first-order valence-electron chi connectivity index (χ1n) is 13.0. The zero-order valence-corrected chi connectivity index (χ0v) is 25.8. The predicted octanol–water partition coefficient (Wildman–Crippen LogP) is 5.29. The van der Waals surface area contributed by atoms with Crippen molar-refractivity contribution >= 4 is 43.5 Å². The number of nitrogens with zero attached hydrogens (tertiary/aromatic N) is 2. The molecule has 0 aliphatic carbocycles. The van der Waals surface area contributed by atoms with E-state index in [0.717, 1.165) is 26.3 Å². The summed E-state index contributed by atoms with van der Waals surface area (Å²) in [7, 11) is -2.74. The molecule has 0 heterocycles. The van der Waals surface area contributed by atoms with E-state index in [9.17, 15) is 18.0 Å². The quantitative estimate of drug-likeness (QED) is 0.294. The summed E-state index contributed by atoms with van der Waals surface area (Å²) in [5, 5.41) is 2.93. The van der Waals surface area contributed by atoms with Crippen molar-refractivity contribution in [2.24, 2.45) is 0 Å². The zero-order valence-electron chi connectivity index (χ0n) is 23.4. The minimum atomic E-state index is -4.18. The van der Waals surface area contributed by atoms with Crippen molar-refractivity contribution in [1.29, 1.82) is 0 Å². The topological polar surface area (TPSA) is 96.0 Å². The van der Waals surface area contributed by atoms with Crippen LogP contribution >= 0.6 is 15.9 Å². The average molecular weight is 631 g/mol. The maximum absolute atomic E-state index is 14.0. The van der Waals surface area contributed by atoms with Crippen LogP contribution in [0.1, 0.15) is 38.3 Å². The Bertz CT molecular complexity index is 1430. The van der Waals surface area contributed by atoms with Gasteiger partial charge in [-0.3, -0.25) is 13.9 Å². The van der Waals surface area contributed by atoms with Crippen molar-refractivity contribution in [2.45, 2.75) is 57.6 Å². The lowest BCUT2D eigenvalue weighted by molar-refractivity contribution is -0.139. The van der Waals surface area contributed by atoms with Gasteiger partial charge in [0.05, 0.1) is 17.7 Å². The van der Waals surface area contributed by atoms with Gasteiger partial charge in [-0.15, -0.1) is 0 Å². The van der Waals surface area contributed by atoms with E-state index in [0.29, 0.717) is 5.75 Å². The number of para-hydroxylation sites is 2. The Balaban J connectivity index is 2.06. The number of ether oxygens (including phenoxy) is 1. The molecule has 0 fully saturated rings. The lowest BCUT2D eigenvalue weighted by atomic mass is 10.1. The highest BCUT2D eigenvalue weighted by molar-refractivity contribution is 9.10. The molecule has 214 valence electrons. The van der Waals surface area contributed by atoms with Crippen LogP contribution in [0.4, 0.5) is 5.69 Å². The average Bonchev–Trinajstić information content (AvgIpc) is 2.94. The van der Waals surface area contributed by atoms with Crippen LogP contribution in [0, 0.1) is 6.92 Å². The molecule has 2 amide bonds. The van der Waals surface area contributed by atoms with E-state index in [4.69, 9.17) is 4.74 Å². The Morgan fingerprint density at radius 3 is 2.30 bits per heavy atom. The fourth-order valence-corrected chi connectivity index (χ4v) is 5.94. The molecule has 0 unspecified atom stereocenters. The van der Waals surface area contributed by atoms with Gasteiger partial charge in [-0.05, 0) is 69.2 Å². The molecule has 0 aromatic heterocycles. The van der Waals surface area contributed by atoms with Gasteiger partial charge in [0.25, 0.3) is 10.0 Å². The highest BCUT2D eigenvalue weighted by Crippen LogP contribution is 2.32. The second-order valence-corrected chi connectivity index (χ2v) is 12.4. The van der Waals surface area contributed by atoms with E-state index in [1.165, 1.54) is 24.1 Å². The number of sulfonamides is 1. The number of methoxy groups -OCH3 is 1. The third-order valence-corrected chi connectivity index (χ3v) is 8.92. The van der Waals surface area contributed by atoms with Crippen LogP contribution in [-0.4, -0.2) is 50.9 Å². The fraction of sp³-hybridized carbons (Fsp3) is 0.333. The van der Waals surface area contributed by atoms with Crippen molar-refractivity contribution in [1.82, 2.24) is 10.2 Å². The van der Waals surface area contributed by atoms with Gasteiger partial charge < -0.3 is 15.0 Å². The smallest absolute Gasteiger partial charge is 0.264 e. The molecular formula is C30H36BrN3O5S. The van der Waals surface area contributed by atoms with E-state index >= 15 is 0 Å². The van der Waals surface area contributed by atoms with Crippen LogP contribution in [-0.2, 0) is 26.2 Å². The molecule has 0 spiro atoms. The second-order valence-electron chi connectivity index (χ2n) is 9.64. The number of aryl methyl sites for hydroxylation is 1. The molecule has 10 heteroatoms. The minimum Gasteiger partial charge on any atom is -0.495 e. The van der Waals surface area contributed by atoms with Crippen molar-refractivity contribution in [2.75, 3.05) is 18.0 Å². The number of rotatable bonds is 12. The van der Waals surface area contributed by atoms with E-state index in [1.54, 1.807) is 43.3 Å². The number of anilines is 1. The Labute approximate surface area is 245 Å². The molecule has 3 aromatic rings. The van der Waals surface area contributed by atoms with E-state index in [-0.39, 0.29) is 29.1 Å². The number of hydrogen-bond acceptors (Lipinski definition) is 5. The molecule has 0 saturated carbocycles. The molecule has 0 saturated heterocycles. The van der Waals surface area contributed by atoms with Crippen LogP contribution in [0.2, 0.25) is 0 Å². The summed E-state index contributed by atoms with van der Waals surface area (Å²) < 4.78 is 35.3. The number of benzene rings is 3. The lowest BCUT2D eigenvalue weighted by Crippen LogP contribution is -2.52. The van der Waals surface area contributed by atoms with Crippen molar-refractivity contribution in [3.8, 4) is 5.75 Å². The van der Waals surface area contributed by atoms with Gasteiger partial charge in [-0.1, -0.05) is 64.8 Å². The predicted molar refractivity (Wildman–Crippen MR) is 161 cm³/mol. The number of amides is 2. The van der Waals surface area contributed by atoms with Crippen LogP contribution < -0.4 is 14.4 Å². The largest absolute Gasteiger partial charge is 0.495 e. The summed E-state index contributed by atoms with van der Waals surface area (Å²) in [6, 6.07) is 19.6. The standard InChI is InChI=1S/C30H36BrN3O5S/c1-6-22(3)32-30(36)23(4)33(19-24-10-9-11-25(31)18-24)29(35)20-34(27-12-7-8-13-28(27)39-5)40(37,38)26-16-14-21(2)15-17-26/h7-18,22-23H,6,19-20H2,1-5H3,(H,32,36)/t22-,23-/m0/s1. The van der Waals surface area contributed by atoms with E-state index in [1.807, 2.05) is 45.0 Å². The first-order chi connectivity index (χ1) is 19.0. The molecule has 3 aromatic carbocycles. The maximum atomic E-state index is 14.0. The Hall–Kier alpha value is -3.37. The van der Waals surface area contributed by atoms with Crippen LogP contribution in [0.15, 0.2) is 82.2 Å². The monoisotopic (exact) mass is 629 g/mol. The van der Waals surface area contributed by atoms with Gasteiger partial charge in [-0.25, -0.2) is 8.42 Å². The SMILES string of the molecule is CC[C@H](C)NC(=O)[C@H](C)N(Cc1cccc(Br)c1)C(=O)CN(c1ccccc1OC)S(=O)(=O)c1ccc(C)cc1. The number of carbonyl (C=O) groups is 2. The third kappa shape index (κ3) is 7.63. The summed E-state index contributed by atoms with van der Waals surface area (Å²) >= 11 is 3.46. The zero-order chi connectivity index (χ0) is 29.4. The molecule has 8 nitrogen and oxygen atoms in total. The highest BCUT2D eigenvalue weighted by Gasteiger charge is 2.34. The summed E-state index contributed by atoms with van der Waals surface area (Å²) in [6.45, 7) is 6.94. The molecule has 3 rings (SSSR count). The summed E-state index contributed by atoms with van der Waals surface area (Å²) in [4.78, 5) is 28.6. The lowest BCUT2D eigenvalue weighted by Gasteiger charge is -2.32. The number of hydrogen-bond donors (Lipinski definition) is 1. The van der Waals surface area contributed by atoms with Crippen molar-refractivity contribution in [3.63, 3.8) is 0 Å². The number of carbonyl (C=O) groups excluding carboxylic acids is 2. The molecule has 0 bridgehead atoms. The van der Waals surface area contributed by atoms with Gasteiger partial charge in [0.2, 0.25) is 11.8 Å². The second kappa shape index (κ2) is 13.8. The molecule has 0 aliphatic rings. The van der Waals surface area contributed by atoms with Crippen molar-refractivity contribution < 1.29 is 22.7 Å².